The van der Waals surface area contributed by atoms with Crippen molar-refractivity contribution < 1.29 is 0 Å². The highest BCUT2D eigenvalue weighted by Crippen LogP contribution is 2.23. The molecule has 0 aliphatic carbocycles. The number of hydrogen-bond acceptors (Lipinski definition) is 3. The fourth-order valence-corrected chi connectivity index (χ4v) is 2.06. The molecule has 0 bridgehead atoms. The smallest absolute Gasteiger partial charge is 0.185 e. The molecular formula is C10H18N4S. The lowest BCUT2D eigenvalue weighted by Crippen LogP contribution is -2.23. The van der Waals surface area contributed by atoms with Crippen LogP contribution in [-0.2, 0) is 11.8 Å². The molecule has 1 rings (SSSR count). The van der Waals surface area contributed by atoms with Gasteiger partial charge in [-0.1, -0.05) is 20.8 Å². The molecule has 0 amide bonds. The van der Waals surface area contributed by atoms with Crippen LogP contribution in [0.5, 0.6) is 0 Å². The predicted octanol–water partition coefficient (Wildman–Crippen LogP) is 1.26. The van der Waals surface area contributed by atoms with Gasteiger partial charge in [0.1, 0.15) is 0 Å². The predicted molar refractivity (Wildman–Crippen MR) is 65.2 cm³/mol. The van der Waals surface area contributed by atoms with Crippen molar-refractivity contribution in [1.29, 1.82) is 0 Å². The van der Waals surface area contributed by atoms with Crippen molar-refractivity contribution in [3.63, 3.8) is 0 Å². The van der Waals surface area contributed by atoms with E-state index in [4.69, 9.17) is 11.5 Å². The Balaban J connectivity index is 2.58. The number of rotatable bonds is 3. The van der Waals surface area contributed by atoms with Gasteiger partial charge in [-0.2, -0.15) is 0 Å². The molecule has 1 heterocycles. The minimum Gasteiger partial charge on any atom is -0.370 e. The molecule has 0 unspecified atom stereocenters. The Morgan fingerprint density at radius 2 is 2.13 bits per heavy atom. The summed E-state index contributed by atoms with van der Waals surface area (Å²) in [6.07, 6.45) is 0.804. The molecule has 0 aliphatic heterocycles. The number of thiazole rings is 1. The van der Waals surface area contributed by atoms with Crippen molar-refractivity contribution in [3.8, 4) is 0 Å². The lowest BCUT2D eigenvalue weighted by molar-refractivity contribution is 0.571. The van der Waals surface area contributed by atoms with Crippen LogP contribution < -0.4 is 11.5 Å². The van der Waals surface area contributed by atoms with Gasteiger partial charge < -0.3 is 11.5 Å². The first-order valence-corrected chi connectivity index (χ1v) is 5.78. The number of guanidine groups is 1. The summed E-state index contributed by atoms with van der Waals surface area (Å²) in [6, 6.07) is 0. The van der Waals surface area contributed by atoms with E-state index in [1.165, 1.54) is 0 Å². The van der Waals surface area contributed by atoms with Gasteiger partial charge in [0.05, 0.1) is 10.7 Å². The lowest BCUT2D eigenvalue weighted by Gasteiger charge is -2.14. The van der Waals surface area contributed by atoms with E-state index in [2.05, 4.69) is 36.1 Å². The van der Waals surface area contributed by atoms with Crippen LogP contribution in [0.2, 0.25) is 0 Å². The van der Waals surface area contributed by atoms with Crippen molar-refractivity contribution >= 4 is 17.3 Å². The summed E-state index contributed by atoms with van der Waals surface area (Å²) in [5, 5.41) is 3.19. The van der Waals surface area contributed by atoms with Crippen molar-refractivity contribution in [2.75, 3.05) is 6.54 Å². The summed E-state index contributed by atoms with van der Waals surface area (Å²) in [4.78, 5) is 8.48. The Morgan fingerprint density at radius 3 is 2.60 bits per heavy atom. The standard InChI is InChI=1S/C10H18N4S/c1-10(2,3)7-6-15-8(14-7)4-5-13-9(11)12/h6H,4-5H2,1-3H3,(H4,11,12,13). The topological polar surface area (TPSA) is 77.3 Å². The van der Waals surface area contributed by atoms with Crippen LogP contribution in [-0.4, -0.2) is 17.5 Å². The largest absolute Gasteiger partial charge is 0.370 e. The Kier molecular flexibility index (Phi) is 3.68. The zero-order valence-corrected chi connectivity index (χ0v) is 10.3. The van der Waals surface area contributed by atoms with Crippen LogP contribution in [0.3, 0.4) is 0 Å². The van der Waals surface area contributed by atoms with Crippen LogP contribution in [0.15, 0.2) is 10.4 Å². The van der Waals surface area contributed by atoms with Gasteiger partial charge in [-0.05, 0) is 0 Å². The molecule has 0 fully saturated rings. The van der Waals surface area contributed by atoms with Crippen molar-refractivity contribution in [2.24, 2.45) is 16.5 Å². The average Bonchev–Trinajstić information content (AvgIpc) is 2.51. The molecule has 5 heteroatoms. The van der Waals surface area contributed by atoms with E-state index >= 15 is 0 Å². The molecule has 0 saturated carbocycles. The third kappa shape index (κ3) is 3.87. The van der Waals surface area contributed by atoms with Crippen LogP contribution >= 0.6 is 11.3 Å². The number of nitrogens with two attached hydrogens (primary N) is 2. The molecule has 4 N–H and O–H groups in total. The molecule has 0 radical (unpaired) electrons. The first-order valence-electron chi connectivity index (χ1n) is 4.90. The normalized spacial score (nSPS) is 11.4. The van der Waals surface area contributed by atoms with E-state index in [-0.39, 0.29) is 11.4 Å². The maximum atomic E-state index is 5.24. The van der Waals surface area contributed by atoms with Gasteiger partial charge in [-0.25, -0.2) is 4.98 Å². The van der Waals surface area contributed by atoms with Crippen LogP contribution in [0, 0.1) is 0 Å². The first kappa shape index (κ1) is 12.0. The monoisotopic (exact) mass is 226 g/mol. The molecule has 4 nitrogen and oxygen atoms in total. The summed E-state index contributed by atoms with van der Waals surface area (Å²) >= 11 is 1.67. The molecule has 1 aromatic rings. The number of nitrogens with zero attached hydrogens (tertiary/aromatic N) is 2. The Labute approximate surface area is 94.4 Å². The molecule has 0 atom stereocenters. The Bertz CT molecular complexity index is 345. The summed E-state index contributed by atoms with van der Waals surface area (Å²) < 4.78 is 0. The average molecular weight is 226 g/mol. The van der Waals surface area contributed by atoms with E-state index in [0.717, 1.165) is 17.1 Å². The molecule has 15 heavy (non-hydrogen) atoms. The zero-order chi connectivity index (χ0) is 11.5. The fraction of sp³-hybridized carbons (Fsp3) is 0.600. The molecule has 84 valence electrons. The molecule has 0 spiro atoms. The van der Waals surface area contributed by atoms with Gasteiger partial charge in [0.2, 0.25) is 0 Å². The second-order valence-corrected chi connectivity index (χ2v) is 5.38. The minimum absolute atomic E-state index is 0.116. The Morgan fingerprint density at radius 1 is 1.47 bits per heavy atom. The van der Waals surface area contributed by atoms with Crippen molar-refractivity contribution in [3.05, 3.63) is 16.1 Å². The van der Waals surface area contributed by atoms with Crippen LogP contribution in [0.25, 0.3) is 0 Å². The molecule has 0 aliphatic rings. The van der Waals surface area contributed by atoms with Gasteiger partial charge >= 0.3 is 0 Å². The van der Waals surface area contributed by atoms with E-state index in [9.17, 15) is 0 Å². The number of aliphatic imine (C=N–C) groups is 1. The quantitative estimate of drug-likeness (QED) is 0.601. The highest BCUT2D eigenvalue weighted by Gasteiger charge is 2.16. The molecule has 0 aromatic carbocycles. The van der Waals surface area contributed by atoms with Gasteiger partial charge in [0.25, 0.3) is 0 Å². The van der Waals surface area contributed by atoms with Crippen molar-refractivity contribution in [1.82, 2.24) is 4.98 Å². The lowest BCUT2D eigenvalue weighted by atomic mass is 9.93. The van der Waals surface area contributed by atoms with E-state index in [1.54, 1.807) is 11.3 Å². The third-order valence-corrected chi connectivity index (χ3v) is 2.85. The second kappa shape index (κ2) is 4.61. The maximum absolute atomic E-state index is 5.24. The summed E-state index contributed by atoms with van der Waals surface area (Å²) in [6.45, 7) is 7.07. The van der Waals surface area contributed by atoms with Gasteiger partial charge in [0.15, 0.2) is 5.96 Å². The second-order valence-electron chi connectivity index (χ2n) is 4.43. The highest BCUT2D eigenvalue weighted by atomic mass is 32.1. The summed E-state index contributed by atoms with van der Waals surface area (Å²) in [5.74, 6) is 0.141. The van der Waals surface area contributed by atoms with Gasteiger partial charge in [-0.3, -0.25) is 4.99 Å². The minimum atomic E-state index is 0.116. The number of aromatic nitrogens is 1. The molecule has 1 aromatic heterocycles. The summed E-state index contributed by atoms with van der Waals surface area (Å²) in [5.41, 5.74) is 11.7. The first-order chi connectivity index (χ1) is 6.89. The van der Waals surface area contributed by atoms with Crippen molar-refractivity contribution in [2.45, 2.75) is 32.6 Å². The van der Waals surface area contributed by atoms with Crippen LogP contribution in [0.4, 0.5) is 0 Å². The van der Waals surface area contributed by atoms with Crippen LogP contribution in [0.1, 0.15) is 31.5 Å². The van der Waals surface area contributed by atoms with E-state index < -0.39 is 0 Å². The molecule has 0 saturated heterocycles. The van der Waals surface area contributed by atoms with Gasteiger partial charge in [0, 0.05) is 23.8 Å². The zero-order valence-electron chi connectivity index (χ0n) is 9.45. The van der Waals surface area contributed by atoms with E-state index in [1.807, 2.05) is 0 Å². The number of hydrogen-bond donors (Lipinski definition) is 2. The maximum Gasteiger partial charge on any atom is 0.185 e. The third-order valence-electron chi connectivity index (χ3n) is 1.94. The molecular weight excluding hydrogens is 208 g/mol. The summed E-state index contributed by atoms with van der Waals surface area (Å²) in [7, 11) is 0. The Hall–Kier alpha value is -1.10. The van der Waals surface area contributed by atoms with E-state index in [0.29, 0.717) is 6.54 Å². The fourth-order valence-electron chi connectivity index (χ4n) is 1.05. The van der Waals surface area contributed by atoms with Gasteiger partial charge in [-0.15, -0.1) is 11.3 Å². The SMILES string of the molecule is CC(C)(C)c1csc(CCN=C(N)N)n1. The highest BCUT2D eigenvalue weighted by molar-refractivity contribution is 7.09.